The van der Waals surface area contributed by atoms with Crippen molar-refractivity contribution in [2.24, 2.45) is 0 Å². The van der Waals surface area contributed by atoms with E-state index in [2.05, 4.69) is 29.1 Å². The SMILES string of the molecule is CN1CCC(N(CCc2ccccc2)C(=O)c2cccc(N)n2)CC1. The number of nitrogen functional groups attached to an aromatic ring is 1. The second-order valence-electron chi connectivity index (χ2n) is 6.72. The summed E-state index contributed by atoms with van der Waals surface area (Å²) in [6.07, 6.45) is 2.85. The van der Waals surface area contributed by atoms with Gasteiger partial charge in [0.1, 0.15) is 11.5 Å². The first-order chi connectivity index (χ1) is 12.1. The molecule has 25 heavy (non-hydrogen) atoms. The van der Waals surface area contributed by atoms with Crippen LogP contribution in [0, 0.1) is 0 Å². The van der Waals surface area contributed by atoms with E-state index in [9.17, 15) is 4.79 Å². The summed E-state index contributed by atoms with van der Waals surface area (Å²) in [5.41, 5.74) is 7.45. The van der Waals surface area contributed by atoms with E-state index in [4.69, 9.17) is 5.73 Å². The van der Waals surface area contributed by atoms with Gasteiger partial charge in [0.2, 0.25) is 0 Å². The third-order valence-corrected chi connectivity index (χ3v) is 4.86. The Morgan fingerprint density at radius 2 is 1.88 bits per heavy atom. The first-order valence-electron chi connectivity index (χ1n) is 8.89. The Bertz CT molecular complexity index is 696. The highest BCUT2D eigenvalue weighted by atomic mass is 16.2. The Hall–Kier alpha value is -2.40. The van der Waals surface area contributed by atoms with Crippen molar-refractivity contribution in [1.82, 2.24) is 14.8 Å². The number of piperidine rings is 1. The van der Waals surface area contributed by atoms with Crippen LogP contribution in [0.1, 0.15) is 28.9 Å². The molecule has 0 bridgehead atoms. The van der Waals surface area contributed by atoms with Crippen molar-refractivity contribution in [2.45, 2.75) is 25.3 Å². The van der Waals surface area contributed by atoms with Crippen LogP contribution in [0.15, 0.2) is 48.5 Å². The molecule has 1 aromatic carbocycles. The summed E-state index contributed by atoms with van der Waals surface area (Å²) in [6.45, 7) is 2.74. The van der Waals surface area contributed by atoms with E-state index in [-0.39, 0.29) is 11.9 Å². The number of carbonyl (C=O) groups excluding carboxylic acids is 1. The number of likely N-dealkylation sites (tertiary alicyclic amines) is 1. The highest BCUT2D eigenvalue weighted by molar-refractivity contribution is 5.92. The van der Waals surface area contributed by atoms with Crippen molar-refractivity contribution >= 4 is 11.7 Å². The summed E-state index contributed by atoms with van der Waals surface area (Å²) in [5.74, 6) is 0.370. The van der Waals surface area contributed by atoms with Crippen LogP contribution in [0.5, 0.6) is 0 Å². The van der Waals surface area contributed by atoms with Crippen molar-refractivity contribution < 1.29 is 4.79 Å². The number of carbonyl (C=O) groups is 1. The lowest BCUT2D eigenvalue weighted by Gasteiger charge is -2.37. The molecular formula is C20H26N4O. The number of benzene rings is 1. The van der Waals surface area contributed by atoms with Crippen molar-refractivity contribution in [3.63, 3.8) is 0 Å². The van der Waals surface area contributed by atoms with Crippen molar-refractivity contribution in [2.75, 3.05) is 32.4 Å². The first kappa shape index (κ1) is 17.4. The lowest BCUT2D eigenvalue weighted by molar-refractivity contribution is 0.0588. The molecule has 0 spiro atoms. The van der Waals surface area contributed by atoms with E-state index in [0.29, 0.717) is 18.1 Å². The Morgan fingerprint density at radius 3 is 2.56 bits per heavy atom. The molecule has 0 atom stereocenters. The summed E-state index contributed by atoms with van der Waals surface area (Å²) in [7, 11) is 2.13. The molecule has 5 heteroatoms. The van der Waals surface area contributed by atoms with Gasteiger partial charge in [-0.1, -0.05) is 36.4 Å². The van der Waals surface area contributed by atoms with Gasteiger partial charge in [0.05, 0.1) is 0 Å². The molecule has 1 fully saturated rings. The normalized spacial score (nSPS) is 15.9. The Balaban J connectivity index is 1.77. The minimum Gasteiger partial charge on any atom is -0.384 e. The van der Waals surface area contributed by atoms with Gasteiger partial charge in [0.25, 0.3) is 5.91 Å². The summed E-state index contributed by atoms with van der Waals surface area (Å²) >= 11 is 0. The molecule has 0 saturated carbocycles. The third kappa shape index (κ3) is 4.57. The lowest BCUT2D eigenvalue weighted by Crippen LogP contribution is -2.47. The monoisotopic (exact) mass is 338 g/mol. The summed E-state index contributed by atoms with van der Waals surface area (Å²) in [5, 5.41) is 0. The smallest absolute Gasteiger partial charge is 0.272 e. The number of pyridine rings is 1. The van der Waals surface area contributed by atoms with Crippen molar-refractivity contribution in [1.29, 1.82) is 0 Å². The molecule has 3 rings (SSSR count). The van der Waals surface area contributed by atoms with E-state index in [1.165, 1.54) is 5.56 Å². The number of amides is 1. The maximum Gasteiger partial charge on any atom is 0.272 e. The fourth-order valence-corrected chi connectivity index (χ4v) is 3.37. The number of rotatable bonds is 5. The summed E-state index contributed by atoms with van der Waals surface area (Å²) in [6, 6.07) is 15.8. The minimum atomic E-state index is -0.0159. The molecule has 132 valence electrons. The molecule has 2 heterocycles. The highest BCUT2D eigenvalue weighted by Gasteiger charge is 2.28. The fourth-order valence-electron chi connectivity index (χ4n) is 3.37. The molecule has 0 aliphatic carbocycles. The zero-order valence-electron chi connectivity index (χ0n) is 14.8. The average molecular weight is 338 g/mol. The predicted molar refractivity (Wildman–Crippen MR) is 100 cm³/mol. The van der Waals surface area contributed by atoms with Crippen LogP contribution in [0.3, 0.4) is 0 Å². The van der Waals surface area contributed by atoms with E-state index in [0.717, 1.165) is 32.4 Å². The number of anilines is 1. The number of nitrogens with two attached hydrogens (primary N) is 1. The van der Waals surface area contributed by atoms with Gasteiger partial charge in [-0.3, -0.25) is 4.79 Å². The van der Waals surface area contributed by atoms with E-state index in [1.807, 2.05) is 23.1 Å². The molecule has 2 aromatic rings. The number of nitrogens with zero attached hydrogens (tertiary/aromatic N) is 3. The molecular weight excluding hydrogens is 312 g/mol. The predicted octanol–water partition coefficient (Wildman–Crippen LogP) is 2.44. The van der Waals surface area contributed by atoms with Crippen LogP contribution in [0.4, 0.5) is 5.82 Å². The molecule has 1 amide bonds. The van der Waals surface area contributed by atoms with Gasteiger partial charge in [-0.2, -0.15) is 0 Å². The quantitative estimate of drug-likeness (QED) is 0.909. The van der Waals surface area contributed by atoms with E-state index >= 15 is 0 Å². The number of hydrogen-bond acceptors (Lipinski definition) is 4. The average Bonchev–Trinajstić information content (AvgIpc) is 2.64. The fraction of sp³-hybridized carbons (Fsp3) is 0.400. The first-order valence-corrected chi connectivity index (χ1v) is 8.89. The Morgan fingerprint density at radius 1 is 1.16 bits per heavy atom. The van der Waals surface area contributed by atoms with E-state index in [1.54, 1.807) is 18.2 Å². The largest absolute Gasteiger partial charge is 0.384 e. The van der Waals surface area contributed by atoms with Gasteiger partial charge >= 0.3 is 0 Å². The van der Waals surface area contributed by atoms with Crippen LogP contribution in [-0.2, 0) is 6.42 Å². The molecule has 0 radical (unpaired) electrons. The van der Waals surface area contributed by atoms with Gasteiger partial charge in [0.15, 0.2) is 0 Å². The van der Waals surface area contributed by atoms with Crippen LogP contribution in [0.25, 0.3) is 0 Å². The van der Waals surface area contributed by atoms with E-state index < -0.39 is 0 Å². The van der Waals surface area contributed by atoms with Crippen molar-refractivity contribution in [3.05, 3.63) is 59.8 Å². The van der Waals surface area contributed by atoms with Crippen LogP contribution in [0.2, 0.25) is 0 Å². The minimum absolute atomic E-state index is 0.0159. The third-order valence-electron chi connectivity index (χ3n) is 4.86. The molecule has 0 unspecified atom stereocenters. The standard InChI is InChI=1S/C20H26N4O/c1-23-13-11-17(12-14-23)24(15-10-16-6-3-2-4-7-16)20(25)18-8-5-9-19(21)22-18/h2-9,17H,10-15H2,1H3,(H2,21,22). The maximum absolute atomic E-state index is 13.1. The molecule has 1 saturated heterocycles. The lowest BCUT2D eigenvalue weighted by atomic mass is 10.0. The highest BCUT2D eigenvalue weighted by Crippen LogP contribution is 2.19. The van der Waals surface area contributed by atoms with Gasteiger partial charge < -0.3 is 15.5 Å². The van der Waals surface area contributed by atoms with Gasteiger partial charge in [0, 0.05) is 12.6 Å². The summed E-state index contributed by atoms with van der Waals surface area (Å²) < 4.78 is 0. The topological polar surface area (TPSA) is 62.5 Å². The Kier molecular flexibility index (Phi) is 5.66. The molecule has 2 N–H and O–H groups in total. The van der Waals surface area contributed by atoms with Gasteiger partial charge in [-0.05, 0) is 57.1 Å². The van der Waals surface area contributed by atoms with Crippen LogP contribution in [-0.4, -0.2) is 53.4 Å². The second-order valence-corrected chi connectivity index (χ2v) is 6.72. The number of hydrogen-bond donors (Lipinski definition) is 1. The number of aromatic nitrogens is 1. The van der Waals surface area contributed by atoms with Gasteiger partial charge in [-0.15, -0.1) is 0 Å². The Labute approximate surface area is 149 Å². The second kappa shape index (κ2) is 8.12. The van der Waals surface area contributed by atoms with Crippen molar-refractivity contribution in [3.8, 4) is 0 Å². The van der Waals surface area contributed by atoms with Crippen LogP contribution >= 0.6 is 0 Å². The van der Waals surface area contributed by atoms with Crippen LogP contribution < -0.4 is 5.73 Å². The molecule has 1 aromatic heterocycles. The molecule has 5 nitrogen and oxygen atoms in total. The van der Waals surface area contributed by atoms with Gasteiger partial charge in [-0.25, -0.2) is 4.98 Å². The molecule has 1 aliphatic heterocycles. The maximum atomic E-state index is 13.1. The summed E-state index contributed by atoms with van der Waals surface area (Å²) in [4.78, 5) is 21.6. The zero-order valence-corrected chi connectivity index (χ0v) is 14.8. The molecule has 1 aliphatic rings. The zero-order chi connectivity index (χ0) is 17.6.